The fourth-order valence-corrected chi connectivity index (χ4v) is 3.98. The molecular formula is C22H29BO2. The van der Waals surface area contributed by atoms with E-state index in [-0.39, 0.29) is 10.8 Å². The minimum absolute atomic E-state index is 0.220. The molecule has 0 spiro atoms. The van der Waals surface area contributed by atoms with E-state index < -0.39 is 7.12 Å². The zero-order valence-corrected chi connectivity index (χ0v) is 16.1. The van der Waals surface area contributed by atoms with Crippen LogP contribution in [0.1, 0.15) is 68.4 Å². The van der Waals surface area contributed by atoms with E-state index in [0.717, 1.165) is 6.42 Å². The minimum atomic E-state index is -1.40. The van der Waals surface area contributed by atoms with E-state index in [1.807, 2.05) is 12.1 Å². The van der Waals surface area contributed by atoms with E-state index in [2.05, 4.69) is 46.8 Å². The van der Waals surface area contributed by atoms with Crippen LogP contribution in [0.3, 0.4) is 0 Å². The standard InChI is InChI=1S/C22H29BO2/c1-15-12-19-20(22(4,5)11-10-21(19,2)3)14-17(15)13-16-6-8-18(9-7-16)23(24)25/h6-9,12,14,24-25H,10-11,13H2,1-5H3. The van der Waals surface area contributed by atoms with Crippen molar-refractivity contribution in [1.29, 1.82) is 0 Å². The summed E-state index contributed by atoms with van der Waals surface area (Å²) < 4.78 is 0. The fraction of sp³-hybridized carbons (Fsp3) is 0.455. The van der Waals surface area contributed by atoms with Crippen molar-refractivity contribution in [3.05, 3.63) is 64.2 Å². The van der Waals surface area contributed by atoms with Crippen LogP contribution in [-0.2, 0) is 17.3 Å². The van der Waals surface area contributed by atoms with Gasteiger partial charge in [0.1, 0.15) is 0 Å². The van der Waals surface area contributed by atoms with Crippen LogP contribution in [0.25, 0.3) is 0 Å². The van der Waals surface area contributed by atoms with Gasteiger partial charge in [-0.15, -0.1) is 0 Å². The maximum Gasteiger partial charge on any atom is 0.488 e. The molecule has 25 heavy (non-hydrogen) atoms. The predicted octanol–water partition coefficient (Wildman–Crippen LogP) is 3.61. The Balaban J connectivity index is 1.98. The highest BCUT2D eigenvalue weighted by molar-refractivity contribution is 6.58. The summed E-state index contributed by atoms with van der Waals surface area (Å²) in [5.74, 6) is 0. The normalized spacial score (nSPS) is 17.9. The second kappa shape index (κ2) is 6.30. The summed E-state index contributed by atoms with van der Waals surface area (Å²) in [7, 11) is -1.40. The summed E-state index contributed by atoms with van der Waals surface area (Å²) in [5, 5.41) is 18.5. The maximum atomic E-state index is 9.24. The van der Waals surface area contributed by atoms with Crippen LogP contribution in [0.4, 0.5) is 0 Å². The van der Waals surface area contributed by atoms with Crippen LogP contribution in [0.5, 0.6) is 0 Å². The molecule has 0 amide bonds. The van der Waals surface area contributed by atoms with Gasteiger partial charge in [-0.05, 0) is 70.3 Å². The lowest BCUT2D eigenvalue weighted by molar-refractivity contribution is 0.331. The summed E-state index contributed by atoms with van der Waals surface area (Å²) in [6.07, 6.45) is 3.33. The summed E-state index contributed by atoms with van der Waals surface area (Å²) >= 11 is 0. The molecule has 0 heterocycles. The van der Waals surface area contributed by atoms with Gasteiger partial charge in [-0.2, -0.15) is 0 Å². The van der Waals surface area contributed by atoms with Crippen molar-refractivity contribution in [2.45, 2.75) is 64.7 Å². The Morgan fingerprint density at radius 1 is 0.880 bits per heavy atom. The number of aryl methyl sites for hydroxylation is 1. The molecule has 1 aliphatic carbocycles. The van der Waals surface area contributed by atoms with E-state index in [9.17, 15) is 10.0 Å². The molecule has 3 heteroatoms. The molecule has 2 N–H and O–H groups in total. The van der Waals surface area contributed by atoms with Gasteiger partial charge in [0.15, 0.2) is 0 Å². The Labute approximate surface area is 152 Å². The lowest BCUT2D eigenvalue weighted by Crippen LogP contribution is -2.34. The van der Waals surface area contributed by atoms with E-state index in [1.54, 1.807) is 12.1 Å². The molecule has 0 atom stereocenters. The van der Waals surface area contributed by atoms with Gasteiger partial charge in [0, 0.05) is 0 Å². The Hall–Kier alpha value is -1.58. The van der Waals surface area contributed by atoms with Gasteiger partial charge < -0.3 is 10.0 Å². The van der Waals surface area contributed by atoms with Gasteiger partial charge in [-0.1, -0.05) is 64.1 Å². The molecule has 0 unspecified atom stereocenters. The average molecular weight is 336 g/mol. The number of hydrogen-bond acceptors (Lipinski definition) is 2. The van der Waals surface area contributed by atoms with Crippen molar-refractivity contribution >= 4 is 12.6 Å². The highest BCUT2D eigenvalue weighted by atomic mass is 16.4. The smallest absolute Gasteiger partial charge is 0.423 e. The molecule has 0 radical (unpaired) electrons. The van der Waals surface area contributed by atoms with E-state index >= 15 is 0 Å². The highest BCUT2D eigenvalue weighted by Crippen LogP contribution is 2.46. The number of hydrogen-bond donors (Lipinski definition) is 2. The second-order valence-electron chi connectivity index (χ2n) is 8.88. The third-order valence-electron chi connectivity index (χ3n) is 5.98. The molecule has 2 nitrogen and oxygen atoms in total. The fourth-order valence-electron chi connectivity index (χ4n) is 3.98. The molecule has 0 saturated heterocycles. The van der Waals surface area contributed by atoms with Crippen molar-refractivity contribution in [2.75, 3.05) is 0 Å². The van der Waals surface area contributed by atoms with Crippen LogP contribution < -0.4 is 5.46 Å². The van der Waals surface area contributed by atoms with Crippen molar-refractivity contribution in [3.63, 3.8) is 0 Å². The van der Waals surface area contributed by atoms with E-state index in [4.69, 9.17) is 0 Å². The molecule has 3 rings (SSSR count). The number of benzene rings is 2. The Bertz CT molecular complexity index is 773. The van der Waals surface area contributed by atoms with Gasteiger partial charge in [0.25, 0.3) is 0 Å². The van der Waals surface area contributed by atoms with Crippen LogP contribution in [0, 0.1) is 6.92 Å². The molecule has 0 fully saturated rings. The van der Waals surface area contributed by atoms with Gasteiger partial charge in [-0.25, -0.2) is 0 Å². The molecule has 0 aromatic heterocycles. The SMILES string of the molecule is Cc1cc2c(cc1Cc1ccc(B(O)O)cc1)C(C)(C)CCC2(C)C. The third kappa shape index (κ3) is 3.54. The van der Waals surface area contributed by atoms with Crippen LogP contribution in [-0.4, -0.2) is 17.2 Å². The van der Waals surface area contributed by atoms with Gasteiger partial charge in [0.2, 0.25) is 0 Å². The molecular weight excluding hydrogens is 307 g/mol. The van der Waals surface area contributed by atoms with Crippen molar-refractivity contribution in [1.82, 2.24) is 0 Å². The Morgan fingerprint density at radius 3 is 1.92 bits per heavy atom. The lowest BCUT2D eigenvalue weighted by Gasteiger charge is -2.42. The van der Waals surface area contributed by atoms with Crippen LogP contribution >= 0.6 is 0 Å². The summed E-state index contributed by atoms with van der Waals surface area (Å²) in [6, 6.07) is 12.4. The number of rotatable bonds is 3. The summed E-state index contributed by atoms with van der Waals surface area (Å²) in [4.78, 5) is 0. The molecule has 2 aromatic rings. The molecule has 1 aliphatic rings. The Morgan fingerprint density at radius 2 is 1.40 bits per heavy atom. The largest absolute Gasteiger partial charge is 0.488 e. The first-order valence-corrected chi connectivity index (χ1v) is 9.20. The molecule has 0 bridgehead atoms. The lowest BCUT2D eigenvalue weighted by atomic mass is 9.62. The number of fused-ring (bicyclic) bond motifs is 1. The molecule has 0 saturated carbocycles. The topological polar surface area (TPSA) is 40.5 Å². The highest BCUT2D eigenvalue weighted by Gasteiger charge is 2.37. The first-order chi connectivity index (χ1) is 11.6. The van der Waals surface area contributed by atoms with Gasteiger partial charge in [0.05, 0.1) is 0 Å². The van der Waals surface area contributed by atoms with E-state index in [1.165, 1.54) is 40.7 Å². The quantitative estimate of drug-likeness (QED) is 0.841. The van der Waals surface area contributed by atoms with Crippen molar-refractivity contribution in [2.24, 2.45) is 0 Å². The zero-order valence-electron chi connectivity index (χ0n) is 16.1. The molecule has 132 valence electrons. The first-order valence-electron chi connectivity index (χ1n) is 9.20. The maximum absolute atomic E-state index is 9.24. The summed E-state index contributed by atoms with van der Waals surface area (Å²) in [6.45, 7) is 11.6. The Kier molecular flexibility index (Phi) is 4.59. The first kappa shape index (κ1) is 18.2. The predicted molar refractivity (Wildman–Crippen MR) is 106 cm³/mol. The van der Waals surface area contributed by atoms with Crippen LogP contribution in [0.15, 0.2) is 36.4 Å². The zero-order chi connectivity index (χ0) is 18.4. The van der Waals surface area contributed by atoms with Crippen molar-refractivity contribution < 1.29 is 10.0 Å². The van der Waals surface area contributed by atoms with Crippen molar-refractivity contribution in [3.8, 4) is 0 Å². The van der Waals surface area contributed by atoms with Gasteiger partial charge >= 0.3 is 7.12 Å². The summed E-state index contributed by atoms with van der Waals surface area (Å²) in [5.41, 5.74) is 7.90. The minimum Gasteiger partial charge on any atom is -0.423 e. The van der Waals surface area contributed by atoms with E-state index in [0.29, 0.717) is 5.46 Å². The van der Waals surface area contributed by atoms with Crippen LogP contribution in [0.2, 0.25) is 0 Å². The third-order valence-corrected chi connectivity index (χ3v) is 5.98. The monoisotopic (exact) mass is 336 g/mol. The van der Waals surface area contributed by atoms with Gasteiger partial charge in [-0.3, -0.25) is 0 Å². The average Bonchev–Trinajstić information content (AvgIpc) is 2.54. The molecule has 2 aromatic carbocycles. The second-order valence-corrected chi connectivity index (χ2v) is 8.88. The molecule has 0 aliphatic heterocycles.